The molecule has 0 spiro atoms. The molecule has 3 amide bonds. The molecule has 3 aliphatic rings. The number of anilines is 2. The lowest BCUT2D eigenvalue weighted by atomic mass is 9.95. The van der Waals surface area contributed by atoms with Crippen LogP contribution in [0.3, 0.4) is 0 Å². The van der Waals surface area contributed by atoms with E-state index in [0.717, 1.165) is 24.3 Å². The fourth-order valence-electron chi connectivity index (χ4n) is 5.15. The molecule has 3 aliphatic heterocycles. The predicted molar refractivity (Wildman–Crippen MR) is 131 cm³/mol. The topological polar surface area (TPSA) is 100 Å². The van der Waals surface area contributed by atoms with Gasteiger partial charge in [0.1, 0.15) is 24.8 Å². The Morgan fingerprint density at radius 2 is 1.80 bits per heavy atom. The van der Waals surface area contributed by atoms with Crippen LogP contribution in [0.1, 0.15) is 33.1 Å². The number of fused-ring (bicyclic) bond motifs is 4. The number of benzene rings is 3. The Morgan fingerprint density at radius 3 is 2.55 bits per heavy atom. The lowest BCUT2D eigenvalue weighted by Gasteiger charge is -2.27. The van der Waals surface area contributed by atoms with Gasteiger partial charge in [-0.1, -0.05) is 11.6 Å². The number of amides is 3. The zero-order chi connectivity index (χ0) is 28.6. The zero-order valence-corrected chi connectivity index (χ0v) is 20.8. The number of ether oxygens (including phenoxy) is 2. The van der Waals surface area contributed by atoms with Gasteiger partial charge < -0.3 is 25.2 Å². The first-order chi connectivity index (χ1) is 18.9. The normalized spacial score (nSPS) is 21.1. The molecular formula is C26H17ClF5N3O5. The van der Waals surface area contributed by atoms with Gasteiger partial charge in [0.05, 0.1) is 29.5 Å². The molecule has 8 nitrogen and oxygen atoms in total. The van der Waals surface area contributed by atoms with Crippen LogP contribution in [0.25, 0.3) is 0 Å². The summed E-state index contributed by atoms with van der Waals surface area (Å²) in [5.74, 6) is -2.19. The van der Waals surface area contributed by atoms with Gasteiger partial charge in [-0.15, -0.1) is 0 Å². The number of nitrogens with one attached hydrogen (secondary N) is 2. The molecule has 0 fully saturated rings. The average Bonchev–Trinajstić information content (AvgIpc) is 3.41. The fourth-order valence-corrected chi connectivity index (χ4v) is 5.38. The molecule has 2 atom stereocenters. The van der Waals surface area contributed by atoms with Gasteiger partial charge in [0.25, 0.3) is 5.91 Å². The summed E-state index contributed by atoms with van der Waals surface area (Å²) in [5, 5.41) is 15.8. The van der Waals surface area contributed by atoms with E-state index >= 15 is 0 Å². The van der Waals surface area contributed by atoms with Crippen molar-refractivity contribution < 1.29 is 46.1 Å². The average molecular weight is 582 g/mol. The molecule has 208 valence electrons. The molecule has 0 bridgehead atoms. The van der Waals surface area contributed by atoms with Gasteiger partial charge in [0.2, 0.25) is 5.60 Å². The Kier molecular flexibility index (Phi) is 5.86. The summed E-state index contributed by atoms with van der Waals surface area (Å²) in [6.07, 6.45) is -5.24. The molecule has 0 aliphatic carbocycles. The van der Waals surface area contributed by atoms with Crippen LogP contribution in [0.2, 0.25) is 5.02 Å². The first-order valence-corrected chi connectivity index (χ1v) is 12.2. The summed E-state index contributed by atoms with van der Waals surface area (Å²) in [5.41, 5.74) is -4.58. The first-order valence-electron chi connectivity index (χ1n) is 11.8. The molecule has 0 unspecified atom stereocenters. The number of alkyl halides is 3. The lowest BCUT2D eigenvalue weighted by Crippen LogP contribution is -2.48. The molecule has 3 heterocycles. The summed E-state index contributed by atoms with van der Waals surface area (Å²) in [4.78, 5) is 27.2. The van der Waals surface area contributed by atoms with Crippen LogP contribution in [0.5, 0.6) is 11.5 Å². The van der Waals surface area contributed by atoms with Crippen LogP contribution < -0.4 is 25.0 Å². The van der Waals surface area contributed by atoms with Gasteiger partial charge >= 0.3 is 12.2 Å². The van der Waals surface area contributed by atoms with Crippen molar-refractivity contribution in [3.63, 3.8) is 0 Å². The second-order valence-electron chi connectivity index (χ2n) is 9.35. The summed E-state index contributed by atoms with van der Waals surface area (Å²) in [6.45, 7) is -1.03. The molecule has 3 N–H and O–H groups in total. The van der Waals surface area contributed by atoms with Crippen LogP contribution in [0.15, 0.2) is 42.5 Å². The third-order valence-electron chi connectivity index (χ3n) is 6.97. The van der Waals surface area contributed by atoms with Gasteiger partial charge in [0.15, 0.2) is 11.5 Å². The monoisotopic (exact) mass is 581 g/mol. The van der Waals surface area contributed by atoms with Crippen molar-refractivity contribution in [2.75, 3.05) is 30.0 Å². The summed E-state index contributed by atoms with van der Waals surface area (Å²) < 4.78 is 81.0. The maximum absolute atomic E-state index is 14.2. The number of hydrogen-bond donors (Lipinski definition) is 3. The Morgan fingerprint density at radius 1 is 1.10 bits per heavy atom. The molecule has 0 saturated heterocycles. The second kappa shape index (κ2) is 8.96. The number of carbonyl (C=O) groups is 2. The third-order valence-corrected chi connectivity index (χ3v) is 7.32. The number of hydrogen-bond acceptors (Lipinski definition) is 5. The van der Waals surface area contributed by atoms with E-state index in [0.29, 0.717) is 11.0 Å². The standard InChI is InChI=1S/C26H17ClF5N3O5/c27-15-3-1-11(28)7-13(15)21-19-16(9-18-22(40-6-5-39-18)20(19)23(36)34-21)33-24(37)35-10-25(38,26(30,31)32)14-8-12(29)2-4-17(14)35/h1-4,7-9,21,38H,5-6,10H2,(H,33,37)(H,34,36)/t21-,25-/m0/s1. The maximum atomic E-state index is 14.2. The van der Waals surface area contributed by atoms with Crippen LogP contribution in [0.4, 0.5) is 38.1 Å². The van der Waals surface area contributed by atoms with Crippen molar-refractivity contribution in [1.29, 1.82) is 0 Å². The summed E-state index contributed by atoms with van der Waals surface area (Å²) >= 11 is 6.30. The van der Waals surface area contributed by atoms with Crippen LogP contribution in [-0.4, -0.2) is 43.0 Å². The Hall–Kier alpha value is -4.10. The third kappa shape index (κ3) is 3.91. The smallest absolute Gasteiger partial charge is 0.423 e. The highest BCUT2D eigenvalue weighted by Gasteiger charge is 2.61. The molecule has 0 radical (unpaired) electrons. The largest absolute Gasteiger partial charge is 0.486 e. The molecule has 14 heteroatoms. The fraction of sp³-hybridized carbons (Fsp3) is 0.231. The summed E-state index contributed by atoms with van der Waals surface area (Å²) in [7, 11) is 0. The van der Waals surface area contributed by atoms with Gasteiger partial charge in [-0.3, -0.25) is 9.69 Å². The minimum atomic E-state index is -5.24. The minimum absolute atomic E-state index is 0.0338. The van der Waals surface area contributed by atoms with Crippen molar-refractivity contribution in [2.45, 2.75) is 17.8 Å². The first kappa shape index (κ1) is 26.1. The predicted octanol–water partition coefficient (Wildman–Crippen LogP) is 5.02. The van der Waals surface area contributed by atoms with E-state index < -0.39 is 53.5 Å². The SMILES string of the molecule is O=C1N[C@@H](c2cc(F)ccc2Cl)c2c(NC(=O)N3C[C@@](O)(C(F)(F)F)c4cc(F)ccc43)cc3c(c21)OCCO3. The Labute approximate surface area is 227 Å². The molecule has 0 aromatic heterocycles. The molecule has 3 aromatic rings. The van der Waals surface area contributed by atoms with Crippen molar-refractivity contribution in [1.82, 2.24) is 5.32 Å². The van der Waals surface area contributed by atoms with E-state index in [9.17, 15) is 36.6 Å². The van der Waals surface area contributed by atoms with Gasteiger partial charge in [-0.05, 0) is 36.4 Å². The lowest BCUT2D eigenvalue weighted by molar-refractivity contribution is -0.258. The van der Waals surface area contributed by atoms with Crippen LogP contribution in [0, 0.1) is 11.6 Å². The minimum Gasteiger partial charge on any atom is -0.486 e. The van der Waals surface area contributed by atoms with Crippen molar-refractivity contribution in [3.8, 4) is 11.5 Å². The molecule has 0 saturated carbocycles. The zero-order valence-electron chi connectivity index (χ0n) is 20.0. The number of nitrogens with zero attached hydrogens (tertiary/aromatic N) is 1. The highest BCUT2D eigenvalue weighted by atomic mass is 35.5. The van der Waals surface area contributed by atoms with Crippen molar-refractivity contribution in [3.05, 3.63) is 81.4 Å². The van der Waals surface area contributed by atoms with E-state index in [4.69, 9.17) is 21.1 Å². The Bertz CT molecular complexity index is 1600. The van der Waals surface area contributed by atoms with E-state index in [-0.39, 0.29) is 57.8 Å². The number of aliphatic hydroxyl groups is 1. The van der Waals surface area contributed by atoms with Crippen LogP contribution in [-0.2, 0) is 5.60 Å². The molecule has 6 rings (SSSR count). The number of rotatable bonds is 2. The quantitative estimate of drug-likeness (QED) is 0.369. The number of urea groups is 1. The molecule has 40 heavy (non-hydrogen) atoms. The number of β-amino-alcohol motifs (C(OH)–C–C–N with tert-alkyl or cyclic N) is 1. The molecular weight excluding hydrogens is 565 g/mol. The second-order valence-corrected chi connectivity index (χ2v) is 9.75. The van der Waals surface area contributed by atoms with E-state index in [2.05, 4.69) is 10.6 Å². The van der Waals surface area contributed by atoms with Gasteiger partial charge in [0, 0.05) is 27.8 Å². The van der Waals surface area contributed by atoms with Crippen molar-refractivity contribution in [2.24, 2.45) is 0 Å². The van der Waals surface area contributed by atoms with E-state index in [1.165, 1.54) is 12.1 Å². The van der Waals surface area contributed by atoms with Crippen LogP contribution >= 0.6 is 11.6 Å². The van der Waals surface area contributed by atoms with Gasteiger partial charge in [-0.25, -0.2) is 13.6 Å². The number of halogens is 6. The molecule has 3 aromatic carbocycles. The Balaban J connectivity index is 1.46. The highest BCUT2D eigenvalue weighted by Crippen LogP contribution is 2.50. The highest BCUT2D eigenvalue weighted by molar-refractivity contribution is 6.31. The number of carbonyl (C=O) groups excluding carboxylic acids is 2. The maximum Gasteiger partial charge on any atom is 0.423 e. The van der Waals surface area contributed by atoms with Crippen molar-refractivity contribution >= 4 is 34.9 Å². The summed E-state index contributed by atoms with van der Waals surface area (Å²) in [6, 6.07) is 4.93. The van der Waals surface area contributed by atoms with E-state index in [1.54, 1.807) is 0 Å². The van der Waals surface area contributed by atoms with E-state index in [1.807, 2.05) is 0 Å². The van der Waals surface area contributed by atoms with Gasteiger partial charge in [-0.2, -0.15) is 13.2 Å².